The van der Waals surface area contributed by atoms with Crippen molar-refractivity contribution in [3.8, 4) is 0 Å². The second-order valence-electron chi connectivity index (χ2n) is 4.49. The largest absolute Gasteiger partial charge is 0.336 e. The zero-order valence-corrected chi connectivity index (χ0v) is 12.2. The van der Waals surface area contributed by atoms with E-state index in [1.807, 2.05) is 25.1 Å². The Morgan fingerprint density at radius 2 is 2.21 bits per heavy atom. The molecule has 106 valence electrons. The molecule has 1 heterocycles. The molecule has 1 aromatic heterocycles. The van der Waals surface area contributed by atoms with Crippen molar-refractivity contribution in [2.45, 2.75) is 40.2 Å². The molecular formula is C14H25N5. The van der Waals surface area contributed by atoms with Gasteiger partial charge in [-0.05, 0) is 32.4 Å². The highest BCUT2D eigenvalue weighted by atomic mass is 15.4. The van der Waals surface area contributed by atoms with E-state index in [4.69, 9.17) is 5.84 Å². The average molecular weight is 263 g/mol. The van der Waals surface area contributed by atoms with Crippen LogP contribution in [0.25, 0.3) is 0 Å². The summed E-state index contributed by atoms with van der Waals surface area (Å²) in [4.78, 5) is 11.1. The number of nitrogens with one attached hydrogen (secondary N) is 1. The molecule has 1 aromatic rings. The lowest BCUT2D eigenvalue weighted by atomic mass is 10.3. The number of nitrogens with zero attached hydrogens (tertiary/aromatic N) is 3. The van der Waals surface area contributed by atoms with Crippen LogP contribution in [0.3, 0.4) is 0 Å². The highest BCUT2D eigenvalue weighted by Crippen LogP contribution is 2.04. The summed E-state index contributed by atoms with van der Waals surface area (Å²) < 4.78 is 0. The summed E-state index contributed by atoms with van der Waals surface area (Å²) in [6.45, 7) is 8.59. The van der Waals surface area contributed by atoms with Gasteiger partial charge in [0.1, 0.15) is 0 Å². The molecule has 0 saturated carbocycles. The van der Waals surface area contributed by atoms with Gasteiger partial charge in [-0.15, -0.1) is 0 Å². The minimum absolute atomic E-state index is 0.716. The van der Waals surface area contributed by atoms with Gasteiger partial charge in [-0.25, -0.2) is 5.84 Å². The Bertz CT molecular complexity index is 403. The van der Waals surface area contributed by atoms with Gasteiger partial charge < -0.3 is 4.90 Å². The lowest BCUT2D eigenvalue weighted by molar-refractivity contribution is 0.411. The van der Waals surface area contributed by atoms with Crippen molar-refractivity contribution < 1.29 is 0 Å². The summed E-state index contributed by atoms with van der Waals surface area (Å²) in [5, 5.41) is 0. The summed E-state index contributed by atoms with van der Waals surface area (Å²) in [7, 11) is 0. The van der Waals surface area contributed by atoms with Gasteiger partial charge in [-0.2, -0.15) is 0 Å². The van der Waals surface area contributed by atoms with E-state index in [-0.39, 0.29) is 0 Å². The Labute approximate surface area is 115 Å². The molecule has 0 aliphatic rings. The molecule has 5 heteroatoms. The maximum Gasteiger partial charge on any atom is 0.208 e. The van der Waals surface area contributed by atoms with E-state index in [0.717, 1.165) is 43.3 Å². The fraction of sp³-hybridized carbons (Fsp3) is 0.571. The molecule has 1 rings (SSSR count). The van der Waals surface area contributed by atoms with E-state index < -0.39 is 0 Å². The maximum absolute atomic E-state index is 5.57. The first kappa shape index (κ1) is 15.4. The number of hydrogen-bond acceptors (Lipinski definition) is 3. The number of unbranched alkanes of at least 4 members (excludes halogenated alkanes) is 1. The summed E-state index contributed by atoms with van der Waals surface area (Å²) >= 11 is 0. The van der Waals surface area contributed by atoms with Crippen molar-refractivity contribution >= 4 is 5.96 Å². The number of aryl methyl sites for hydroxylation is 1. The van der Waals surface area contributed by atoms with Crippen LogP contribution in [0, 0.1) is 6.92 Å². The van der Waals surface area contributed by atoms with Crippen molar-refractivity contribution in [1.29, 1.82) is 0 Å². The standard InChI is InChI=1S/C14H25N5/c1-4-6-10-16-14(18-15)19(5-2)11-13-9-7-8-12(3)17-13/h7-9H,4-6,10-11,15H2,1-3H3,(H,16,18). The van der Waals surface area contributed by atoms with Gasteiger partial charge in [0.15, 0.2) is 0 Å². The Hall–Kier alpha value is -1.62. The Morgan fingerprint density at radius 1 is 1.42 bits per heavy atom. The number of hydrazine groups is 1. The van der Waals surface area contributed by atoms with Gasteiger partial charge in [-0.1, -0.05) is 19.4 Å². The van der Waals surface area contributed by atoms with Gasteiger partial charge in [0.05, 0.1) is 12.2 Å². The molecule has 0 amide bonds. The summed E-state index contributed by atoms with van der Waals surface area (Å²) in [6, 6.07) is 6.04. The van der Waals surface area contributed by atoms with Crippen molar-refractivity contribution in [3.05, 3.63) is 29.6 Å². The molecule has 0 aromatic carbocycles. The normalized spacial score (nSPS) is 11.5. The van der Waals surface area contributed by atoms with E-state index in [1.165, 1.54) is 0 Å². The zero-order valence-electron chi connectivity index (χ0n) is 12.2. The van der Waals surface area contributed by atoms with Crippen LogP contribution in [0.5, 0.6) is 0 Å². The minimum atomic E-state index is 0.716. The number of aromatic nitrogens is 1. The monoisotopic (exact) mass is 263 g/mol. The van der Waals surface area contributed by atoms with Crippen molar-refractivity contribution in [3.63, 3.8) is 0 Å². The molecule has 0 aliphatic heterocycles. The third-order valence-electron chi connectivity index (χ3n) is 2.88. The predicted octanol–water partition coefficient (Wildman–Crippen LogP) is 1.83. The molecule has 0 aliphatic carbocycles. The topological polar surface area (TPSA) is 66.5 Å². The maximum atomic E-state index is 5.57. The van der Waals surface area contributed by atoms with Crippen LogP contribution in [-0.4, -0.2) is 28.9 Å². The number of nitrogens with two attached hydrogens (primary N) is 1. The average Bonchev–Trinajstić information content (AvgIpc) is 2.42. The number of pyridine rings is 1. The highest BCUT2D eigenvalue weighted by molar-refractivity contribution is 5.79. The van der Waals surface area contributed by atoms with E-state index >= 15 is 0 Å². The van der Waals surface area contributed by atoms with Gasteiger partial charge in [0, 0.05) is 18.8 Å². The summed E-state index contributed by atoms with van der Waals surface area (Å²) in [6.07, 6.45) is 2.21. The predicted molar refractivity (Wildman–Crippen MR) is 79.6 cm³/mol. The first-order valence-electron chi connectivity index (χ1n) is 6.89. The lowest BCUT2D eigenvalue weighted by Gasteiger charge is -2.23. The smallest absolute Gasteiger partial charge is 0.208 e. The highest BCUT2D eigenvalue weighted by Gasteiger charge is 2.09. The molecule has 3 N–H and O–H groups in total. The first-order valence-corrected chi connectivity index (χ1v) is 6.89. The fourth-order valence-corrected chi connectivity index (χ4v) is 1.80. The van der Waals surface area contributed by atoms with Crippen molar-refractivity contribution in [2.24, 2.45) is 10.8 Å². The van der Waals surface area contributed by atoms with Crippen LogP contribution in [-0.2, 0) is 6.54 Å². The van der Waals surface area contributed by atoms with Crippen molar-refractivity contribution in [2.75, 3.05) is 13.1 Å². The molecule has 0 bridgehead atoms. The van der Waals surface area contributed by atoms with Crippen LogP contribution >= 0.6 is 0 Å². The quantitative estimate of drug-likeness (QED) is 0.270. The van der Waals surface area contributed by atoms with E-state index in [2.05, 4.69) is 34.1 Å². The fourth-order valence-electron chi connectivity index (χ4n) is 1.80. The van der Waals surface area contributed by atoms with Crippen LogP contribution in [0.15, 0.2) is 23.2 Å². The number of rotatable bonds is 6. The number of guanidine groups is 1. The van der Waals surface area contributed by atoms with Crippen LogP contribution in [0.4, 0.5) is 0 Å². The number of aliphatic imine (C=N–C) groups is 1. The van der Waals surface area contributed by atoms with Gasteiger partial charge in [0.2, 0.25) is 5.96 Å². The second kappa shape index (κ2) is 8.48. The SMILES string of the molecule is CCCCN=C(NN)N(CC)Cc1cccc(C)n1. The van der Waals surface area contributed by atoms with Gasteiger partial charge in [-0.3, -0.25) is 15.4 Å². The van der Waals surface area contributed by atoms with Crippen LogP contribution < -0.4 is 11.3 Å². The molecule has 0 atom stereocenters. The molecule has 5 nitrogen and oxygen atoms in total. The molecule has 0 fully saturated rings. The Balaban J connectivity index is 2.72. The molecule has 0 unspecified atom stereocenters. The van der Waals surface area contributed by atoms with E-state index in [1.54, 1.807) is 0 Å². The molecule has 19 heavy (non-hydrogen) atoms. The third-order valence-corrected chi connectivity index (χ3v) is 2.88. The van der Waals surface area contributed by atoms with E-state index in [9.17, 15) is 0 Å². The van der Waals surface area contributed by atoms with Crippen LogP contribution in [0.1, 0.15) is 38.1 Å². The third kappa shape index (κ3) is 5.26. The second-order valence-corrected chi connectivity index (χ2v) is 4.49. The van der Waals surface area contributed by atoms with Crippen molar-refractivity contribution in [1.82, 2.24) is 15.3 Å². The Morgan fingerprint density at radius 3 is 2.79 bits per heavy atom. The molecule has 0 spiro atoms. The summed E-state index contributed by atoms with van der Waals surface area (Å²) in [5.74, 6) is 6.31. The van der Waals surface area contributed by atoms with Crippen LogP contribution in [0.2, 0.25) is 0 Å². The molecule has 0 radical (unpaired) electrons. The number of hydrogen-bond donors (Lipinski definition) is 2. The lowest BCUT2D eigenvalue weighted by Crippen LogP contribution is -2.44. The molecular weight excluding hydrogens is 238 g/mol. The minimum Gasteiger partial charge on any atom is -0.336 e. The Kier molecular flexibility index (Phi) is 6.89. The van der Waals surface area contributed by atoms with E-state index in [0.29, 0.717) is 6.54 Å². The summed E-state index contributed by atoms with van der Waals surface area (Å²) in [5.41, 5.74) is 4.75. The van der Waals surface area contributed by atoms with Gasteiger partial charge >= 0.3 is 0 Å². The first-order chi connectivity index (χ1) is 9.21. The van der Waals surface area contributed by atoms with Gasteiger partial charge in [0.25, 0.3) is 0 Å². The molecule has 0 saturated heterocycles. The zero-order chi connectivity index (χ0) is 14.1.